The number of carbonyl (C=O) groups is 2. The van der Waals surface area contributed by atoms with Crippen LogP contribution in [0.2, 0.25) is 0 Å². The minimum absolute atomic E-state index is 0.0234. The molecule has 8 heteroatoms. The van der Waals surface area contributed by atoms with Crippen molar-refractivity contribution >= 4 is 11.8 Å². The van der Waals surface area contributed by atoms with Gasteiger partial charge < -0.3 is 31.9 Å². The number of para-hydroxylation sites is 1. The normalized spacial score (nSPS) is 14.8. The van der Waals surface area contributed by atoms with Crippen LogP contribution in [-0.2, 0) is 4.79 Å². The zero-order valence-corrected chi connectivity index (χ0v) is 23.0. The van der Waals surface area contributed by atoms with Gasteiger partial charge >= 0.3 is 0 Å². The number of nitrogens with one attached hydrogen (secondary N) is 2. The van der Waals surface area contributed by atoms with Crippen molar-refractivity contribution in [3.8, 4) is 5.75 Å². The molecule has 0 saturated carbocycles. The highest BCUT2D eigenvalue weighted by atomic mass is 16.5. The van der Waals surface area contributed by atoms with E-state index in [0.717, 1.165) is 12.8 Å². The number of rotatable bonds is 18. The molecule has 0 bridgehead atoms. The Hall–Kier alpha value is -2.16. The van der Waals surface area contributed by atoms with Gasteiger partial charge in [0.1, 0.15) is 5.75 Å². The molecule has 2 amide bonds. The molecule has 0 fully saturated rings. The monoisotopic (exact) mass is 506 g/mol. The van der Waals surface area contributed by atoms with Gasteiger partial charge in [0.25, 0.3) is 5.91 Å². The van der Waals surface area contributed by atoms with Crippen molar-refractivity contribution in [1.82, 2.24) is 10.6 Å². The van der Waals surface area contributed by atoms with E-state index in [0.29, 0.717) is 56.8 Å². The van der Waals surface area contributed by atoms with Crippen LogP contribution >= 0.6 is 0 Å². The number of hydrogen-bond acceptors (Lipinski definition) is 6. The van der Waals surface area contributed by atoms with E-state index in [4.69, 9.17) is 16.2 Å². The summed E-state index contributed by atoms with van der Waals surface area (Å²) in [5, 5.41) is 16.9. The minimum Gasteiger partial charge on any atom is -0.493 e. The molecule has 0 aliphatic carbocycles. The third kappa shape index (κ3) is 11.3. The first kappa shape index (κ1) is 31.9. The molecule has 7 N–H and O–H groups in total. The molecule has 1 aromatic carbocycles. The Morgan fingerprint density at radius 1 is 1.03 bits per heavy atom. The molecule has 8 nitrogen and oxygen atoms in total. The first-order chi connectivity index (χ1) is 17.1. The summed E-state index contributed by atoms with van der Waals surface area (Å²) in [6, 6.07) is 6.66. The first-order valence-electron chi connectivity index (χ1n) is 13.5. The Bertz CT molecular complexity index is 772. The Morgan fingerprint density at radius 2 is 1.72 bits per heavy atom. The zero-order valence-electron chi connectivity index (χ0n) is 23.0. The number of ether oxygens (including phenoxy) is 1. The standard InChI is InChI=1S/C28H50N4O4/c1-6-7-14-31-28(35)23(20(4)5)17-25(33)24(30)16-21(19(2)3)18-32-27(34)22-11-8-9-12-26(22)36-15-10-13-29/h8-9,11-12,19-21,23-25,33H,6-7,10,13-18,29-30H2,1-5H3,(H,31,35)(H,32,34). The van der Waals surface area contributed by atoms with Gasteiger partial charge in [0, 0.05) is 25.0 Å². The van der Waals surface area contributed by atoms with E-state index in [1.54, 1.807) is 18.2 Å². The highest BCUT2D eigenvalue weighted by Gasteiger charge is 2.29. The quantitative estimate of drug-likeness (QED) is 0.194. The molecule has 0 radical (unpaired) electrons. The average molecular weight is 507 g/mol. The number of benzene rings is 1. The van der Waals surface area contributed by atoms with Gasteiger partial charge in [-0.1, -0.05) is 53.2 Å². The Labute approximate surface area is 217 Å². The van der Waals surface area contributed by atoms with Gasteiger partial charge in [-0.05, 0) is 62.1 Å². The van der Waals surface area contributed by atoms with Gasteiger partial charge in [-0.25, -0.2) is 0 Å². The summed E-state index contributed by atoms with van der Waals surface area (Å²) in [6.07, 6.45) is 2.72. The zero-order chi connectivity index (χ0) is 27.1. The van der Waals surface area contributed by atoms with Gasteiger partial charge in [0.15, 0.2) is 0 Å². The lowest BCUT2D eigenvalue weighted by molar-refractivity contribution is -0.127. The molecule has 36 heavy (non-hydrogen) atoms. The van der Waals surface area contributed by atoms with Crippen LogP contribution in [0, 0.1) is 23.7 Å². The summed E-state index contributed by atoms with van der Waals surface area (Å²) < 4.78 is 5.73. The van der Waals surface area contributed by atoms with E-state index in [-0.39, 0.29) is 35.5 Å². The molecular weight excluding hydrogens is 456 g/mol. The van der Waals surface area contributed by atoms with Crippen LogP contribution in [0.3, 0.4) is 0 Å². The third-order valence-corrected chi connectivity index (χ3v) is 6.74. The van der Waals surface area contributed by atoms with E-state index in [9.17, 15) is 14.7 Å². The fourth-order valence-electron chi connectivity index (χ4n) is 4.10. The van der Waals surface area contributed by atoms with Crippen LogP contribution < -0.4 is 26.8 Å². The molecule has 0 aliphatic heterocycles. The van der Waals surface area contributed by atoms with Gasteiger partial charge in [0.05, 0.1) is 18.3 Å². The molecule has 4 atom stereocenters. The fraction of sp³-hybridized carbons (Fsp3) is 0.714. The van der Waals surface area contributed by atoms with Crippen LogP contribution in [-0.4, -0.2) is 55.3 Å². The number of unbranched alkanes of at least 4 members (excludes halogenated alkanes) is 1. The summed E-state index contributed by atoms with van der Waals surface area (Å²) >= 11 is 0. The molecule has 0 saturated heterocycles. The van der Waals surface area contributed by atoms with Crippen molar-refractivity contribution in [2.45, 2.75) is 78.9 Å². The van der Waals surface area contributed by atoms with E-state index in [1.807, 2.05) is 19.9 Å². The molecule has 4 unspecified atom stereocenters. The summed E-state index contributed by atoms with van der Waals surface area (Å²) in [5.74, 6) is 0.425. The number of carbonyl (C=O) groups excluding carboxylic acids is 2. The summed E-state index contributed by atoms with van der Waals surface area (Å²) in [7, 11) is 0. The van der Waals surface area contributed by atoms with Crippen LogP contribution in [0.15, 0.2) is 24.3 Å². The van der Waals surface area contributed by atoms with Crippen molar-refractivity contribution in [3.05, 3.63) is 29.8 Å². The maximum atomic E-state index is 12.9. The molecule has 0 spiro atoms. The predicted octanol–water partition coefficient (Wildman–Crippen LogP) is 3.07. The van der Waals surface area contributed by atoms with Crippen LogP contribution in [0.1, 0.15) is 77.1 Å². The van der Waals surface area contributed by atoms with E-state index >= 15 is 0 Å². The van der Waals surface area contributed by atoms with Crippen molar-refractivity contribution in [1.29, 1.82) is 0 Å². The summed E-state index contributed by atoms with van der Waals surface area (Å²) in [6.45, 7) is 12.3. The second-order valence-corrected chi connectivity index (χ2v) is 10.4. The largest absolute Gasteiger partial charge is 0.493 e. The smallest absolute Gasteiger partial charge is 0.255 e. The summed E-state index contributed by atoms with van der Waals surface area (Å²) in [5.41, 5.74) is 12.4. The molecule has 206 valence electrons. The Morgan fingerprint density at radius 3 is 2.33 bits per heavy atom. The summed E-state index contributed by atoms with van der Waals surface area (Å²) in [4.78, 5) is 25.6. The minimum atomic E-state index is -0.803. The SMILES string of the molecule is CCCCNC(=O)C(CC(O)C(N)CC(CNC(=O)c1ccccc1OCCCN)C(C)C)C(C)C. The molecule has 0 aliphatic rings. The highest BCUT2D eigenvalue weighted by Crippen LogP contribution is 2.24. The molecular formula is C28H50N4O4. The average Bonchev–Trinajstić information content (AvgIpc) is 2.84. The highest BCUT2D eigenvalue weighted by molar-refractivity contribution is 5.96. The number of amides is 2. The Balaban J connectivity index is 2.72. The van der Waals surface area contributed by atoms with Crippen LogP contribution in [0.4, 0.5) is 0 Å². The Kier molecular flexibility index (Phi) is 15.3. The lowest BCUT2D eigenvalue weighted by atomic mass is 9.83. The third-order valence-electron chi connectivity index (χ3n) is 6.74. The second kappa shape index (κ2) is 17.3. The molecule has 1 aromatic rings. The van der Waals surface area contributed by atoms with Crippen LogP contribution in [0.5, 0.6) is 5.75 Å². The number of aliphatic hydroxyl groups excluding tert-OH is 1. The number of nitrogens with two attached hydrogens (primary N) is 2. The van der Waals surface area contributed by atoms with E-state index in [2.05, 4.69) is 31.4 Å². The first-order valence-corrected chi connectivity index (χ1v) is 13.5. The van der Waals surface area contributed by atoms with Crippen molar-refractivity contribution < 1.29 is 19.4 Å². The van der Waals surface area contributed by atoms with Gasteiger partial charge in [0.2, 0.25) is 5.91 Å². The topological polar surface area (TPSA) is 140 Å². The van der Waals surface area contributed by atoms with Crippen molar-refractivity contribution in [3.63, 3.8) is 0 Å². The maximum Gasteiger partial charge on any atom is 0.255 e. The predicted molar refractivity (Wildman–Crippen MR) is 146 cm³/mol. The maximum absolute atomic E-state index is 12.9. The van der Waals surface area contributed by atoms with Gasteiger partial charge in [-0.3, -0.25) is 9.59 Å². The number of aliphatic hydroxyl groups is 1. The van der Waals surface area contributed by atoms with Gasteiger partial charge in [-0.2, -0.15) is 0 Å². The molecule has 0 heterocycles. The second-order valence-electron chi connectivity index (χ2n) is 10.4. The lowest BCUT2D eigenvalue weighted by Gasteiger charge is -2.30. The lowest BCUT2D eigenvalue weighted by Crippen LogP contribution is -2.44. The molecule has 1 rings (SSSR count). The van der Waals surface area contributed by atoms with E-state index < -0.39 is 12.1 Å². The number of hydrogen-bond donors (Lipinski definition) is 5. The van der Waals surface area contributed by atoms with Crippen molar-refractivity contribution in [2.75, 3.05) is 26.2 Å². The van der Waals surface area contributed by atoms with Crippen LogP contribution in [0.25, 0.3) is 0 Å². The van der Waals surface area contributed by atoms with E-state index in [1.165, 1.54) is 0 Å². The fourth-order valence-corrected chi connectivity index (χ4v) is 4.10. The van der Waals surface area contributed by atoms with Crippen molar-refractivity contribution in [2.24, 2.45) is 35.1 Å². The van der Waals surface area contributed by atoms with Gasteiger partial charge in [-0.15, -0.1) is 0 Å². The molecule has 0 aromatic heterocycles.